The van der Waals surface area contributed by atoms with Gasteiger partial charge in [-0.1, -0.05) is 24.3 Å². The van der Waals surface area contributed by atoms with Crippen molar-refractivity contribution in [3.8, 4) is 11.3 Å². The molecule has 0 spiro atoms. The summed E-state index contributed by atoms with van der Waals surface area (Å²) in [5.74, 6) is -3.10. The number of carbonyl (C=O) groups excluding carboxylic acids is 1. The van der Waals surface area contributed by atoms with Crippen LogP contribution in [0.25, 0.3) is 16.9 Å². The van der Waals surface area contributed by atoms with Gasteiger partial charge in [0.15, 0.2) is 5.65 Å². The number of likely N-dealkylation sites (tertiary alicyclic amines) is 1. The predicted octanol–water partition coefficient (Wildman–Crippen LogP) is 2.53. The third kappa shape index (κ3) is 3.52. The molecule has 0 bridgehead atoms. The SMILES string of the molecule is NC(=O)c1ccc(-c2ccc(CN3CCC(F)(F)CC3)cc2)n2n[c]nc12. The largest absolute Gasteiger partial charge is 0.365 e. The van der Waals surface area contributed by atoms with Crippen LogP contribution in [0, 0.1) is 6.33 Å². The fourth-order valence-corrected chi connectivity index (χ4v) is 3.35. The number of nitrogens with two attached hydrogens (primary N) is 1. The molecule has 3 aromatic rings. The quantitative estimate of drug-likeness (QED) is 0.766. The lowest BCUT2D eigenvalue weighted by Crippen LogP contribution is -2.38. The maximum Gasteiger partial charge on any atom is 0.252 e. The lowest BCUT2D eigenvalue weighted by molar-refractivity contribution is -0.0566. The van der Waals surface area contributed by atoms with Gasteiger partial charge in [0.1, 0.15) is 0 Å². The van der Waals surface area contributed by atoms with E-state index in [1.807, 2.05) is 29.2 Å². The minimum atomic E-state index is -2.53. The zero-order valence-corrected chi connectivity index (χ0v) is 14.5. The highest BCUT2D eigenvalue weighted by Crippen LogP contribution is 2.29. The molecule has 1 aromatic carbocycles. The van der Waals surface area contributed by atoms with E-state index in [-0.39, 0.29) is 18.4 Å². The molecule has 4 rings (SSSR count). The summed E-state index contributed by atoms with van der Waals surface area (Å²) in [6.07, 6.45) is 2.33. The number of nitrogens with zero attached hydrogens (tertiary/aromatic N) is 4. The van der Waals surface area contributed by atoms with Gasteiger partial charge in [0.05, 0.1) is 11.3 Å². The Bertz CT molecular complexity index is 973. The fraction of sp³-hybridized carbons (Fsp3) is 0.316. The first kappa shape index (κ1) is 17.5. The average molecular weight is 370 g/mol. The van der Waals surface area contributed by atoms with Crippen LogP contribution in [-0.4, -0.2) is 44.4 Å². The number of benzene rings is 1. The highest BCUT2D eigenvalue weighted by molar-refractivity contribution is 5.99. The molecular formula is C19H18F2N5O. The number of carbonyl (C=O) groups is 1. The minimum absolute atomic E-state index is 0.0852. The molecule has 1 aliphatic rings. The van der Waals surface area contributed by atoms with Gasteiger partial charge in [-0.2, -0.15) is 0 Å². The summed E-state index contributed by atoms with van der Waals surface area (Å²) >= 11 is 0. The molecule has 2 N–H and O–H groups in total. The van der Waals surface area contributed by atoms with Gasteiger partial charge in [-0.25, -0.2) is 18.3 Å². The fourth-order valence-electron chi connectivity index (χ4n) is 3.35. The van der Waals surface area contributed by atoms with Crippen LogP contribution in [0.4, 0.5) is 8.78 Å². The van der Waals surface area contributed by atoms with Crippen molar-refractivity contribution in [2.45, 2.75) is 25.3 Å². The number of rotatable bonds is 4. The van der Waals surface area contributed by atoms with E-state index in [1.165, 1.54) is 4.52 Å². The van der Waals surface area contributed by atoms with Crippen molar-refractivity contribution in [1.29, 1.82) is 0 Å². The number of alkyl halides is 2. The Balaban J connectivity index is 1.55. The van der Waals surface area contributed by atoms with Crippen LogP contribution >= 0.6 is 0 Å². The van der Waals surface area contributed by atoms with E-state index >= 15 is 0 Å². The van der Waals surface area contributed by atoms with Gasteiger partial charge < -0.3 is 5.73 Å². The predicted molar refractivity (Wildman–Crippen MR) is 95.2 cm³/mol. The normalized spacial score (nSPS) is 17.3. The summed E-state index contributed by atoms with van der Waals surface area (Å²) in [5, 5.41) is 4.06. The average Bonchev–Trinajstić information content (AvgIpc) is 3.13. The Labute approximate surface area is 154 Å². The monoisotopic (exact) mass is 370 g/mol. The van der Waals surface area contributed by atoms with Crippen molar-refractivity contribution in [1.82, 2.24) is 19.5 Å². The number of fused-ring (bicyclic) bond motifs is 1. The first-order valence-corrected chi connectivity index (χ1v) is 8.68. The second kappa shape index (κ2) is 6.70. The van der Waals surface area contributed by atoms with Crippen LogP contribution in [0.1, 0.15) is 28.8 Å². The molecule has 0 unspecified atom stereocenters. The molecule has 1 saturated heterocycles. The van der Waals surface area contributed by atoms with E-state index < -0.39 is 11.8 Å². The second-order valence-corrected chi connectivity index (χ2v) is 6.77. The Hall–Kier alpha value is -2.87. The number of pyridine rings is 1. The number of primary amides is 1. The Morgan fingerprint density at radius 3 is 2.52 bits per heavy atom. The van der Waals surface area contributed by atoms with Crippen molar-refractivity contribution >= 4 is 11.6 Å². The van der Waals surface area contributed by atoms with Crippen molar-refractivity contribution < 1.29 is 13.6 Å². The lowest BCUT2D eigenvalue weighted by Gasteiger charge is -2.31. The van der Waals surface area contributed by atoms with Crippen LogP contribution in [0.5, 0.6) is 0 Å². The molecule has 3 heterocycles. The van der Waals surface area contributed by atoms with Crippen LogP contribution < -0.4 is 5.73 Å². The molecule has 1 radical (unpaired) electrons. The smallest absolute Gasteiger partial charge is 0.252 e. The molecule has 1 aliphatic heterocycles. The van der Waals surface area contributed by atoms with Gasteiger partial charge in [-0.05, 0) is 17.7 Å². The third-order valence-corrected chi connectivity index (χ3v) is 4.89. The van der Waals surface area contributed by atoms with Crippen LogP contribution in [0.3, 0.4) is 0 Å². The molecule has 1 fully saturated rings. The highest BCUT2D eigenvalue weighted by atomic mass is 19.3. The van der Waals surface area contributed by atoms with Gasteiger partial charge in [-0.15, -0.1) is 5.10 Å². The summed E-state index contributed by atoms with van der Waals surface area (Å²) in [6, 6.07) is 11.2. The maximum atomic E-state index is 13.3. The van der Waals surface area contributed by atoms with Gasteiger partial charge in [-0.3, -0.25) is 9.69 Å². The summed E-state index contributed by atoms with van der Waals surface area (Å²) in [4.78, 5) is 17.5. The molecule has 6 nitrogen and oxygen atoms in total. The Morgan fingerprint density at radius 1 is 1.15 bits per heavy atom. The first-order chi connectivity index (χ1) is 12.9. The zero-order valence-electron chi connectivity index (χ0n) is 14.5. The Kier molecular flexibility index (Phi) is 4.35. The molecule has 8 heteroatoms. The summed E-state index contributed by atoms with van der Waals surface area (Å²) in [6.45, 7) is 1.45. The molecular weight excluding hydrogens is 352 g/mol. The Morgan fingerprint density at radius 2 is 1.85 bits per heavy atom. The van der Waals surface area contributed by atoms with E-state index in [4.69, 9.17) is 5.73 Å². The molecule has 27 heavy (non-hydrogen) atoms. The van der Waals surface area contributed by atoms with Gasteiger partial charge in [0, 0.05) is 38.0 Å². The maximum absolute atomic E-state index is 13.3. The molecule has 1 amide bonds. The molecule has 0 saturated carbocycles. The summed E-state index contributed by atoms with van der Waals surface area (Å²) in [5.41, 5.74) is 8.72. The topological polar surface area (TPSA) is 76.5 Å². The van der Waals surface area contributed by atoms with Crippen molar-refractivity contribution in [2.75, 3.05) is 13.1 Å². The summed E-state index contributed by atoms with van der Waals surface area (Å²) < 4.78 is 28.1. The molecule has 2 aromatic heterocycles. The van der Waals surface area contributed by atoms with Crippen molar-refractivity contribution in [3.05, 3.63) is 53.9 Å². The second-order valence-electron chi connectivity index (χ2n) is 6.77. The number of aromatic nitrogens is 3. The van der Waals surface area contributed by atoms with E-state index in [9.17, 15) is 13.6 Å². The van der Waals surface area contributed by atoms with Crippen LogP contribution in [-0.2, 0) is 6.54 Å². The lowest BCUT2D eigenvalue weighted by atomic mass is 10.0. The minimum Gasteiger partial charge on any atom is -0.365 e. The summed E-state index contributed by atoms with van der Waals surface area (Å²) in [7, 11) is 0. The van der Waals surface area contributed by atoms with Crippen molar-refractivity contribution in [3.63, 3.8) is 0 Å². The number of halogens is 2. The number of piperidine rings is 1. The van der Waals surface area contributed by atoms with Gasteiger partial charge >= 0.3 is 0 Å². The van der Waals surface area contributed by atoms with E-state index in [2.05, 4.69) is 16.4 Å². The van der Waals surface area contributed by atoms with E-state index in [0.29, 0.717) is 25.3 Å². The third-order valence-electron chi connectivity index (χ3n) is 4.89. The molecule has 0 aliphatic carbocycles. The van der Waals surface area contributed by atoms with Crippen molar-refractivity contribution in [2.24, 2.45) is 5.73 Å². The van der Waals surface area contributed by atoms with Crippen LogP contribution in [0.15, 0.2) is 36.4 Å². The van der Waals surface area contributed by atoms with Gasteiger partial charge in [0.25, 0.3) is 11.8 Å². The molecule has 139 valence electrons. The zero-order chi connectivity index (χ0) is 19.0. The van der Waals surface area contributed by atoms with E-state index in [0.717, 1.165) is 16.8 Å². The first-order valence-electron chi connectivity index (χ1n) is 8.68. The van der Waals surface area contributed by atoms with Gasteiger partial charge in [0.2, 0.25) is 6.33 Å². The molecule has 0 atom stereocenters. The van der Waals surface area contributed by atoms with Crippen LogP contribution in [0.2, 0.25) is 0 Å². The number of amides is 1. The van der Waals surface area contributed by atoms with E-state index in [1.54, 1.807) is 12.1 Å². The standard InChI is InChI=1S/C19H18F2N5O/c20-19(21)7-9-25(10-8-19)11-13-1-3-14(4-2-13)16-6-5-15(17(22)27)18-23-12-24-26(16)18/h1-6H,7-11H2,(H2,22,27). The number of hydrogen-bond donors (Lipinski definition) is 1. The highest BCUT2D eigenvalue weighted by Gasteiger charge is 2.33. The number of hydrogen-bond acceptors (Lipinski definition) is 4.